The molecule has 0 aliphatic carbocycles. The van der Waals surface area contributed by atoms with Crippen LogP contribution in [0.25, 0.3) is 0 Å². The molecule has 2 saturated heterocycles. The third-order valence-electron chi connectivity index (χ3n) is 7.02. The van der Waals surface area contributed by atoms with Gasteiger partial charge in [0.15, 0.2) is 0 Å². The highest BCUT2D eigenvalue weighted by molar-refractivity contribution is 8.02. The second kappa shape index (κ2) is 8.99. The van der Waals surface area contributed by atoms with Gasteiger partial charge < -0.3 is 19.6 Å². The van der Waals surface area contributed by atoms with Crippen LogP contribution in [0.15, 0.2) is 54.6 Å². The Morgan fingerprint density at radius 2 is 1.91 bits per heavy atom. The number of hydrogen-bond acceptors (Lipinski definition) is 6. The lowest BCUT2D eigenvalue weighted by atomic mass is 9.78. The SMILES string of the molecule is O=C1OCC=C[C@H]2S[C@]34C=CCN(Cc5ccccc5)C(=O)C3N(CCCCO)C(=O)[C@@H]4[C@@H]12. The fourth-order valence-corrected chi connectivity index (χ4v) is 7.60. The number of likely N-dealkylation sites (tertiary alicyclic amines) is 1. The van der Waals surface area contributed by atoms with Crippen molar-refractivity contribution < 1.29 is 24.2 Å². The van der Waals surface area contributed by atoms with E-state index < -0.39 is 22.6 Å². The van der Waals surface area contributed by atoms with E-state index in [-0.39, 0.29) is 36.2 Å². The zero-order valence-electron chi connectivity index (χ0n) is 18.3. The van der Waals surface area contributed by atoms with E-state index in [2.05, 4.69) is 0 Å². The van der Waals surface area contributed by atoms with Crippen molar-refractivity contribution in [2.75, 3.05) is 26.3 Å². The van der Waals surface area contributed by atoms with Gasteiger partial charge in [-0.05, 0) is 18.4 Å². The number of amides is 2. The first-order chi connectivity index (χ1) is 16.1. The van der Waals surface area contributed by atoms with E-state index in [1.165, 1.54) is 0 Å². The topological polar surface area (TPSA) is 87.2 Å². The van der Waals surface area contributed by atoms with Gasteiger partial charge in [0, 0.05) is 31.5 Å². The van der Waals surface area contributed by atoms with Gasteiger partial charge in [0.2, 0.25) is 11.8 Å². The molecule has 2 amide bonds. The second-order valence-electron chi connectivity index (χ2n) is 8.97. The molecule has 0 aromatic heterocycles. The molecule has 2 fully saturated rings. The van der Waals surface area contributed by atoms with Gasteiger partial charge in [-0.15, -0.1) is 11.8 Å². The maximum Gasteiger partial charge on any atom is 0.311 e. The van der Waals surface area contributed by atoms with Crippen LogP contribution in [0.5, 0.6) is 0 Å². The first kappa shape index (κ1) is 22.2. The summed E-state index contributed by atoms with van der Waals surface area (Å²) >= 11 is 1.55. The molecule has 1 aromatic carbocycles. The average Bonchev–Trinajstić information content (AvgIpc) is 3.11. The molecule has 4 heterocycles. The van der Waals surface area contributed by atoms with Crippen molar-refractivity contribution in [2.45, 2.75) is 35.4 Å². The van der Waals surface area contributed by atoms with Crippen LogP contribution in [-0.2, 0) is 25.7 Å². The smallest absolute Gasteiger partial charge is 0.311 e. The lowest BCUT2D eigenvalue weighted by Crippen LogP contribution is -2.53. The molecule has 174 valence electrons. The molecule has 4 aliphatic rings. The lowest BCUT2D eigenvalue weighted by Gasteiger charge is -2.35. The summed E-state index contributed by atoms with van der Waals surface area (Å²) in [4.78, 5) is 44.2. The molecule has 1 aromatic rings. The van der Waals surface area contributed by atoms with E-state index in [9.17, 15) is 19.5 Å². The Labute approximate surface area is 197 Å². The lowest BCUT2D eigenvalue weighted by molar-refractivity contribution is -0.151. The van der Waals surface area contributed by atoms with Crippen molar-refractivity contribution in [2.24, 2.45) is 11.8 Å². The summed E-state index contributed by atoms with van der Waals surface area (Å²) in [5.41, 5.74) is 1.03. The molecule has 1 spiro atoms. The molecule has 0 saturated carbocycles. The monoisotopic (exact) mass is 468 g/mol. The Hall–Kier alpha value is -2.58. The van der Waals surface area contributed by atoms with Crippen molar-refractivity contribution in [3.8, 4) is 0 Å². The molecular formula is C25H28N2O5S. The minimum absolute atomic E-state index is 0.0336. The minimum Gasteiger partial charge on any atom is -0.461 e. The summed E-state index contributed by atoms with van der Waals surface area (Å²) in [6.45, 7) is 1.53. The predicted molar refractivity (Wildman–Crippen MR) is 124 cm³/mol. The van der Waals surface area contributed by atoms with E-state index in [4.69, 9.17) is 4.74 Å². The summed E-state index contributed by atoms with van der Waals surface area (Å²) in [7, 11) is 0. The number of unbranched alkanes of at least 4 members (excludes halogenated alkanes) is 1. The number of nitrogens with zero attached hydrogens (tertiary/aromatic N) is 2. The first-order valence-electron chi connectivity index (χ1n) is 11.5. The standard InChI is InChI=1S/C25H28N2O5S/c28-14-5-4-13-27-21-23(30)26(16-17-8-2-1-3-9-17)12-7-11-25(21)20(22(27)29)19-18(33-25)10-6-15-32-24(19)31/h1-3,6-11,18-21,28H,4-5,12-16H2/t18-,19+,20+,21?,25+/m1/s1. The molecule has 0 radical (unpaired) electrons. The number of carbonyl (C=O) groups is 3. The number of esters is 1. The number of hydrogen-bond donors (Lipinski definition) is 1. The number of thioether (sulfide) groups is 1. The van der Waals surface area contributed by atoms with Gasteiger partial charge in [-0.2, -0.15) is 0 Å². The van der Waals surface area contributed by atoms with Crippen molar-refractivity contribution in [3.63, 3.8) is 0 Å². The van der Waals surface area contributed by atoms with E-state index in [0.717, 1.165) is 5.56 Å². The highest BCUT2D eigenvalue weighted by atomic mass is 32.2. The number of rotatable bonds is 6. The number of cyclic esters (lactones) is 1. The van der Waals surface area contributed by atoms with E-state index in [1.807, 2.05) is 54.6 Å². The highest BCUT2D eigenvalue weighted by Crippen LogP contribution is 2.60. The van der Waals surface area contributed by atoms with Crippen LogP contribution in [0.3, 0.4) is 0 Å². The first-order valence-corrected chi connectivity index (χ1v) is 12.4. The summed E-state index contributed by atoms with van der Waals surface area (Å²) < 4.78 is 4.57. The molecule has 1 unspecified atom stereocenters. The summed E-state index contributed by atoms with van der Waals surface area (Å²) in [5, 5.41) is 9.06. The Bertz CT molecular complexity index is 996. The van der Waals surface area contributed by atoms with Crippen molar-refractivity contribution in [1.29, 1.82) is 0 Å². The predicted octanol–water partition coefficient (Wildman–Crippen LogP) is 1.77. The van der Waals surface area contributed by atoms with E-state index >= 15 is 0 Å². The Kier molecular flexibility index (Phi) is 6.05. The number of ether oxygens (including phenoxy) is 1. The van der Waals surface area contributed by atoms with Crippen LogP contribution in [0.1, 0.15) is 18.4 Å². The van der Waals surface area contributed by atoms with Crippen LogP contribution in [0, 0.1) is 11.8 Å². The normalized spacial score (nSPS) is 32.8. The van der Waals surface area contributed by atoms with Crippen LogP contribution >= 0.6 is 11.8 Å². The zero-order chi connectivity index (χ0) is 23.0. The Balaban J connectivity index is 1.53. The van der Waals surface area contributed by atoms with Crippen molar-refractivity contribution in [3.05, 3.63) is 60.2 Å². The summed E-state index contributed by atoms with van der Waals surface area (Å²) in [6, 6.07) is 9.13. The van der Waals surface area contributed by atoms with Crippen molar-refractivity contribution >= 4 is 29.5 Å². The van der Waals surface area contributed by atoms with Gasteiger partial charge in [0.05, 0.1) is 16.6 Å². The fourth-order valence-electron chi connectivity index (χ4n) is 5.60. The number of benzene rings is 1. The van der Waals surface area contributed by atoms with Crippen LogP contribution in [0.4, 0.5) is 0 Å². The van der Waals surface area contributed by atoms with Crippen LogP contribution < -0.4 is 0 Å². The second-order valence-corrected chi connectivity index (χ2v) is 10.5. The Morgan fingerprint density at radius 1 is 1.09 bits per heavy atom. The minimum atomic E-state index is -0.811. The van der Waals surface area contributed by atoms with Crippen molar-refractivity contribution in [1.82, 2.24) is 9.80 Å². The number of aliphatic hydroxyl groups excluding tert-OH is 1. The molecule has 5 atom stereocenters. The van der Waals surface area contributed by atoms with Gasteiger partial charge in [0.25, 0.3) is 0 Å². The van der Waals surface area contributed by atoms with Gasteiger partial charge >= 0.3 is 5.97 Å². The molecule has 33 heavy (non-hydrogen) atoms. The zero-order valence-corrected chi connectivity index (χ0v) is 19.2. The Morgan fingerprint density at radius 3 is 2.70 bits per heavy atom. The van der Waals surface area contributed by atoms with Gasteiger partial charge in [-0.3, -0.25) is 14.4 Å². The average molecular weight is 469 g/mol. The number of fused-ring (bicyclic) bond motifs is 2. The third kappa shape index (κ3) is 3.69. The van der Waals surface area contributed by atoms with Crippen LogP contribution in [0.2, 0.25) is 0 Å². The van der Waals surface area contributed by atoms with Crippen LogP contribution in [-0.4, -0.2) is 75.0 Å². The highest BCUT2D eigenvalue weighted by Gasteiger charge is 2.70. The third-order valence-corrected chi connectivity index (χ3v) is 8.76. The summed E-state index contributed by atoms with van der Waals surface area (Å²) in [5.74, 6) is -1.87. The van der Waals surface area contributed by atoms with Gasteiger partial charge in [-0.1, -0.05) is 54.6 Å². The maximum absolute atomic E-state index is 14.0. The number of carbonyl (C=O) groups excluding carboxylic acids is 3. The number of aliphatic hydroxyl groups is 1. The van der Waals surface area contributed by atoms with Gasteiger partial charge in [-0.25, -0.2) is 0 Å². The van der Waals surface area contributed by atoms with E-state index in [1.54, 1.807) is 21.6 Å². The molecule has 5 rings (SSSR count). The fraction of sp³-hybridized carbons (Fsp3) is 0.480. The van der Waals surface area contributed by atoms with E-state index in [0.29, 0.717) is 32.5 Å². The largest absolute Gasteiger partial charge is 0.461 e. The molecular weight excluding hydrogens is 440 g/mol. The molecule has 7 nitrogen and oxygen atoms in total. The quantitative estimate of drug-likeness (QED) is 0.389. The summed E-state index contributed by atoms with van der Waals surface area (Å²) in [6.07, 6.45) is 8.92. The van der Waals surface area contributed by atoms with Gasteiger partial charge in [0.1, 0.15) is 12.6 Å². The molecule has 1 N–H and O–H groups in total. The molecule has 8 heteroatoms. The molecule has 0 bridgehead atoms. The maximum atomic E-state index is 14.0. The molecule has 4 aliphatic heterocycles.